The van der Waals surface area contributed by atoms with Crippen LogP contribution in [0.4, 0.5) is 0 Å². The van der Waals surface area contributed by atoms with Crippen molar-refractivity contribution in [3.63, 3.8) is 0 Å². The first-order valence-corrected chi connectivity index (χ1v) is 9.01. The molecule has 136 valence electrons. The highest BCUT2D eigenvalue weighted by molar-refractivity contribution is 5.86. The number of nitrogens with one attached hydrogen (secondary N) is 1. The molecule has 3 rings (SSSR count). The monoisotopic (exact) mass is 346 g/mol. The van der Waals surface area contributed by atoms with Gasteiger partial charge < -0.3 is 19.9 Å². The number of hydrogen-bond donors (Lipinski definition) is 1. The molecule has 0 aliphatic carbocycles. The third-order valence-electron chi connectivity index (χ3n) is 4.88. The summed E-state index contributed by atoms with van der Waals surface area (Å²) in [5, 5.41) is 2.88. The Morgan fingerprint density at radius 3 is 2.92 bits per heavy atom. The van der Waals surface area contributed by atoms with Gasteiger partial charge in [-0.05, 0) is 44.5 Å². The molecule has 25 heavy (non-hydrogen) atoms. The number of carbonyl (C=O) groups excluding carboxylic acids is 2. The quantitative estimate of drug-likeness (QED) is 0.816. The minimum Gasteiger partial charge on any atom is -0.356 e. The Balaban J connectivity index is 1.69. The van der Waals surface area contributed by atoms with Crippen molar-refractivity contribution < 1.29 is 14.3 Å². The second-order valence-electron chi connectivity index (χ2n) is 6.53. The summed E-state index contributed by atoms with van der Waals surface area (Å²) < 4.78 is 5.63. The van der Waals surface area contributed by atoms with Crippen LogP contribution in [0.3, 0.4) is 0 Å². The van der Waals surface area contributed by atoms with Gasteiger partial charge in [0.15, 0.2) is 6.10 Å². The molecule has 2 atom stereocenters. The fourth-order valence-corrected chi connectivity index (χ4v) is 3.46. The van der Waals surface area contributed by atoms with Crippen LogP contribution in [0.15, 0.2) is 24.5 Å². The Hall–Kier alpha value is -1.99. The number of hydrogen-bond acceptors (Lipinski definition) is 5. The zero-order valence-electron chi connectivity index (χ0n) is 14.7. The van der Waals surface area contributed by atoms with Crippen LogP contribution in [-0.2, 0) is 14.3 Å². The molecular weight excluding hydrogens is 320 g/mol. The number of morpholine rings is 1. The molecule has 0 radical (unpaired) electrons. The fourth-order valence-electron chi connectivity index (χ4n) is 3.46. The van der Waals surface area contributed by atoms with Crippen LogP contribution in [0, 0.1) is 0 Å². The van der Waals surface area contributed by atoms with Crippen molar-refractivity contribution >= 4 is 11.8 Å². The Morgan fingerprint density at radius 2 is 2.24 bits per heavy atom. The van der Waals surface area contributed by atoms with Crippen LogP contribution in [-0.4, -0.2) is 72.0 Å². The molecule has 7 nitrogen and oxygen atoms in total. The van der Waals surface area contributed by atoms with Crippen LogP contribution in [0.5, 0.6) is 0 Å². The molecule has 7 heteroatoms. The van der Waals surface area contributed by atoms with Crippen LogP contribution >= 0.6 is 0 Å². The van der Waals surface area contributed by atoms with Gasteiger partial charge >= 0.3 is 0 Å². The number of amides is 2. The predicted octanol–water partition coefficient (Wildman–Crippen LogP) is 0.582. The topological polar surface area (TPSA) is 74.8 Å². The molecule has 1 aromatic rings. The van der Waals surface area contributed by atoms with E-state index in [4.69, 9.17) is 4.74 Å². The number of nitrogens with zero attached hydrogens (tertiary/aromatic N) is 3. The maximum atomic E-state index is 13.0. The number of rotatable bonds is 6. The Labute approximate surface area is 148 Å². The minimum absolute atomic E-state index is 0.0736. The molecule has 0 spiro atoms. The first-order valence-electron chi connectivity index (χ1n) is 9.01. The van der Waals surface area contributed by atoms with E-state index in [1.54, 1.807) is 18.5 Å². The summed E-state index contributed by atoms with van der Waals surface area (Å²) in [6.07, 6.45) is 5.10. The first kappa shape index (κ1) is 17.8. The molecular formula is C18H26N4O3. The van der Waals surface area contributed by atoms with Crippen molar-refractivity contribution in [3.8, 4) is 0 Å². The SMILES string of the molecule is CCN(CCN1CCCC1)C(=O)[C@H]1OCC(=O)N[C@@H]1c1cccnc1. The molecule has 2 aliphatic heterocycles. The average molecular weight is 346 g/mol. The summed E-state index contributed by atoms with van der Waals surface area (Å²) in [4.78, 5) is 33.1. The highest BCUT2D eigenvalue weighted by Gasteiger charge is 2.38. The van der Waals surface area contributed by atoms with E-state index in [0.717, 1.165) is 25.2 Å². The zero-order chi connectivity index (χ0) is 17.6. The number of carbonyl (C=O) groups is 2. The van der Waals surface area contributed by atoms with E-state index in [-0.39, 0.29) is 18.4 Å². The van der Waals surface area contributed by atoms with E-state index in [0.29, 0.717) is 13.1 Å². The van der Waals surface area contributed by atoms with Crippen LogP contribution in [0.25, 0.3) is 0 Å². The third kappa shape index (κ3) is 4.35. The van der Waals surface area contributed by atoms with Crippen molar-refractivity contribution in [1.29, 1.82) is 0 Å². The van der Waals surface area contributed by atoms with Crippen LogP contribution in [0.1, 0.15) is 31.4 Å². The summed E-state index contributed by atoms with van der Waals surface area (Å²) in [5.74, 6) is -0.284. The summed E-state index contributed by atoms with van der Waals surface area (Å²) in [6, 6.07) is 3.15. The number of ether oxygens (including phenoxy) is 1. The van der Waals surface area contributed by atoms with Gasteiger partial charge in [-0.2, -0.15) is 0 Å². The summed E-state index contributed by atoms with van der Waals surface area (Å²) in [5.41, 5.74) is 0.782. The maximum Gasteiger partial charge on any atom is 0.254 e. The van der Waals surface area contributed by atoms with E-state index in [2.05, 4.69) is 15.2 Å². The molecule has 2 aliphatic rings. The smallest absolute Gasteiger partial charge is 0.254 e. The van der Waals surface area contributed by atoms with E-state index in [9.17, 15) is 9.59 Å². The molecule has 2 fully saturated rings. The van der Waals surface area contributed by atoms with Gasteiger partial charge in [-0.1, -0.05) is 6.07 Å². The lowest BCUT2D eigenvalue weighted by atomic mass is 10.0. The average Bonchev–Trinajstić information content (AvgIpc) is 3.16. The summed E-state index contributed by atoms with van der Waals surface area (Å²) in [7, 11) is 0. The number of likely N-dealkylation sites (tertiary alicyclic amines) is 1. The van der Waals surface area contributed by atoms with Gasteiger partial charge in [0, 0.05) is 32.0 Å². The second kappa shape index (κ2) is 8.40. The van der Waals surface area contributed by atoms with Gasteiger partial charge in [-0.15, -0.1) is 0 Å². The molecule has 0 bridgehead atoms. The molecule has 1 N–H and O–H groups in total. The lowest BCUT2D eigenvalue weighted by Gasteiger charge is -2.35. The highest BCUT2D eigenvalue weighted by atomic mass is 16.5. The van der Waals surface area contributed by atoms with Crippen LogP contribution in [0.2, 0.25) is 0 Å². The lowest BCUT2D eigenvalue weighted by Crippen LogP contribution is -2.54. The second-order valence-corrected chi connectivity index (χ2v) is 6.53. The summed E-state index contributed by atoms with van der Waals surface area (Å²) >= 11 is 0. The molecule has 0 unspecified atom stereocenters. The van der Waals surface area contributed by atoms with E-state index in [1.807, 2.05) is 17.9 Å². The van der Waals surface area contributed by atoms with Crippen molar-refractivity contribution in [2.45, 2.75) is 31.9 Å². The largest absolute Gasteiger partial charge is 0.356 e. The normalized spacial score (nSPS) is 24.1. The summed E-state index contributed by atoms with van der Waals surface area (Å²) in [6.45, 7) is 6.30. The molecule has 1 aromatic heterocycles. The fraction of sp³-hybridized carbons (Fsp3) is 0.611. The van der Waals surface area contributed by atoms with Gasteiger partial charge in [-0.25, -0.2) is 0 Å². The maximum absolute atomic E-state index is 13.0. The number of pyridine rings is 1. The Kier molecular flexibility index (Phi) is 5.99. The molecule has 2 saturated heterocycles. The molecule has 2 amide bonds. The number of aromatic nitrogens is 1. The van der Waals surface area contributed by atoms with E-state index < -0.39 is 12.1 Å². The van der Waals surface area contributed by atoms with Crippen molar-refractivity contribution in [1.82, 2.24) is 20.1 Å². The first-order chi connectivity index (χ1) is 12.2. The standard InChI is InChI=1S/C18H26N4O3/c1-2-22(11-10-21-8-3-4-9-21)18(24)17-16(20-15(23)13-25-17)14-6-5-7-19-12-14/h5-7,12,16-17H,2-4,8-11,13H2,1H3,(H,20,23)/t16-,17+/m1/s1. The van der Waals surface area contributed by atoms with Gasteiger partial charge in [0.2, 0.25) is 5.91 Å². The predicted molar refractivity (Wildman–Crippen MR) is 92.8 cm³/mol. The molecule has 3 heterocycles. The van der Waals surface area contributed by atoms with E-state index in [1.165, 1.54) is 12.8 Å². The number of likely N-dealkylation sites (N-methyl/N-ethyl adjacent to an activating group) is 1. The molecule has 0 saturated carbocycles. The van der Waals surface area contributed by atoms with Gasteiger partial charge in [0.1, 0.15) is 6.61 Å². The highest BCUT2D eigenvalue weighted by Crippen LogP contribution is 2.23. The van der Waals surface area contributed by atoms with Gasteiger partial charge in [-0.3, -0.25) is 14.6 Å². The Bertz CT molecular complexity index is 589. The third-order valence-corrected chi connectivity index (χ3v) is 4.88. The van der Waals surface area contributed by atoms with E-state index >= 15 is 0 Å². The zero-order valence-corrected chi connectivity index (χ0v) is 14.7. The molecule has 0 aromatic carbocycles. The van der Waals surface area contributed by atoms with Crippen molar-refractivity contribution in [2.24, 2.45) is 0 Å². The van der Waals surface area contributed by atoms with Crippen molar-refractivity contribution in [3.05, 3.63) is 30.1 Å². The minimum atomic E-state index is -0.708. The van der Waals surface area contributed by atoms with Gasteiger partial charge in [0.25, 0.3) is 5.91 Å². The van der Waals surface area contributed by atoms with Gasteiger partial charge in [0.05, 0.1) is 6.04 Å². The lowest BCUT2D eigenvalue weighted by molar-refractivity contribution is -0.155. The van der Waals surface area contributed by atoms with Crippen molar-refractivity contribution in [2.75, 3.05) is 39.3 Å². The van der Waals surface area contributed by atoms with Crippen LogP contribution < -0.4 is 5.32 Å². The Morgan fingerprint density at radius 1 is 1.44 bits per heavy atom.